The zero-order chi connectivity index (χ0) is 20.5. The summed E-state index contributed by atoms with van der Waals surface area (Å²) in [6.45, 7) is 2.08. The van der Waals surface area contributed by atoms with E-state index >= 15 is 0 Å². The van der Waals surface area contributed by atoms with Crippen LogP contribution in [0.2, 0.25) is 0 Å². The molecule has 2 aromatic heterocycles. The monoisotopic (exact) mass is 387 g/mol. The van der Waals surface area contributed by atoms with Crippen LogP contribution in [0.1, 0.15) is 15.9 Å². The quantitative estimate of drug-likeness (QED) is 0.411. The van der Waals surface area contributed by atoms with E-state index in [1.165, 1.54) is 0 Å². The van der Waals surface area contributed by atoms with E-state index in [-0.39, 0.29) is 0 Å². The number of hydrogen-bond acceptors (Lipinski definition) is 5. The van der Waals surface area contributed by atoms with Gasteiger partial charge in [0.25, 0.3) is 5.91 Å². The second-order valence-electron chi connectivity index (χ2n) is 6.92. The molecule has 4 aromatic rings. The minimum atomic E-state index is -0.554. The fourth-order valence-corrected chi connectivity index (χ4v) is 3.50. The van der Waals surface area contributed by atoms with Gasteiger partial charge in [0.05, 0.1) is 11.0 Å². The normalized spacial score (nSPS) is 10.9. The standard InChI is InChI=1S/C22H21N5O2/c1-14-10-20-19(12-18(14)16-7-5-9-23-13-16)24-22(27(20)3)26(2)17-8-4-6-15(11-17)21(28)25-29/h4-13,29H,1-3H3,(H,25,28). The van der Waals surface area contributed by atoms with E-state index in [1.807, 2.05) is 48.0 Å². The lowest BCUT2D eigenvalue weighted by molar-refractivity contribution is 0.0706. The Hall–Kier alpha value is -3.71. The lowest BCUT2D eigenvalue weighted by Crippen LogP contribution is -2.20. The number of nitrogens with zero attached hydrogens (tertiary/aromatic N) is 4. The number of hydrogen-bond donors (Lipinski definition) is 2. The number of fused-ring (bicyclic) bond motifs is 1. The van der Waals surface area contributed by atoms with Crippen LogP contribution < -0.4 is 10.4 Å². The molecule has 7 nitrogen and oxygen atoms in total. The number of aromatic nitrogens is 3. The number of carbonyl (C=O) groups excluding carboxylic acids is 1. The Bertz CT molecular complexity index is 1200. The summed E-state index contributed by atoms with van der Waals surface area (Å²) in [4.78, 5) is 22.7. The van der Waals surface area contributed by atoms with Gasteiger partial charge in [-0.25, -0.2) is 10.5 Å². The van der Waals surface area contributed by atoms with Crippen LogP contribution in [0.25, 0.3) is 22.2 Å². The summed E-state index contributed by atoms with van der Waals surface area (Å²) >= 11 is 0. The number of nitrogens with one attached hydrogen (secondary N) is 1. The van der Waals surface area contributed by atoms with Gasteiger partial charge in [-0.15, -0.1) is 0 Å². The van der Waals surface area contributed by atoms with Crippen LogP contribution in [0.15, 0.2) is 60.9 Å². The van der Waals surface area contributed by atoms with Gasteiger partial charge in [-0.05, 0) is 54.4 Å². The summed E-state index contributed by atoms with van der Waals surface area (Å²) in [5, 5.41) is 8.89. The maximum absolute atomic E-state index is 11.7. The van der Waals surface area contributed by atoms with E-state index in [2.05, 4.69) is 24.0 Å². The molecule has 0 spiro atoms. The predicted molar refractivity (Wildman–Crippen MR) is 112 cm³/mol. The summed E-state index contributed by atoms with van der Waals surface area (Å²) in [5.41, 5.74) is 8.00. The van der Waals surface area contributed by atoms with Crippen molar-refractivity contribution in [3.05, 3.63) is 72.1 Å². The van der Waals surface area contributed by atoms with Crippen LogP contribution in [0, 0.1) is 6.92 Å². The van der Waals surface area contributed by atoms with E-state index < -0.39 is 5.91 Å². The molecule has 2 N–H and O–H groups in total. The fourth-order valence-electron chi connectivity index (χ4n) is 3.50. The van der Waals surface area contributed by atoms with Crippen LogP contribution in [-0.2, 0) is 7.05 Å². The van der Waals surface area contributed by atoms with Crippen molar-refractivity contribution >= 4 is 28.6 Å². The Balaban J connectivity index is 1.79. The van der Waals surface area contributed by atoms with Gasteiger partial charge in [-0.3, -0.25) is 15.0 Å². The molecule has 0 unspecified atom stereocenters. The molecular weight excluding hydrogens is 366 g/mol. The molecule has 7 heteroatoms. The number of imidazole rings is 1. The van der Waals surface area contributed by atoms with Gasteiger partial charge in [0, 0.05) is 43.3 Å². The van der Waals surface area contributed by atoms with Gasteiger partial charge in [-0.2, -0.15) is 0 Å². The zero-order valence-corrected chi connectivity index (χ0v) is 16.4. The first kappa shape index (κ1) is 18.6. The van der Waals surface area contributed by atoms with Crippen LogP contribution in [0.4, 0.5) is 11.6 Å². The first-order valence-electron chi connectivity index (χ1n) is 9.15. The zero-order valence-electron chi connectivity index (χ0n) is 16.4. The molecule has 0 aliphatic rings. The van der Waals surface area contributed by atoms with Crippen molar-refractivity contribution < 1.29 is 10.0 Å². The fraction of sp³-hybridized carbons (Fsp3) is 0.136. The second kappa shape index (κ2) is 7.37. The molecule has 0 bridgehead atoms. The smallest absolute Gasteiger partial charge is 0.274 e. The minimum absolute atomic E-state index is 0.366. The Kier molecular flexibility index (Phi) is 4.74. The summed E-state index contributed by atoms with van der Waals surface area (Å²) in [6, 6.07) is 15.2. The maximum Gasteiger partial charge on any atom is 0.274 e. The van der Waals surface area contributed by atoms with Gasteiger partial charge < -0.3 is 9.47 Å². The van der Waals surface area contributed by atoms with Crippen LogP contribution in [0.3, 0.4) is 0 Å². The Morgan fingerprint density at radius 3 is 2.72 bits per heavy atom. The molecule has 146 valence electrons. The van der Waals surface area contributed by atoms with Crippen LogP contribution in [-0.4, -0.2) is 32.7 Å². The van der Waals surface area contributed by atoms with Crippen molar-refractivity contribution in [2.45, 2.75) is 6.92 Å². The highest BCUT2D eigenvalue weighted by Crippen LogP contribution is 2.31. The van der Waals surface area contributed by atoms with E-state index in [9.17, 15) is 4.79 Å². The van der Waals surface area contributed by atoms with Gasteiger partial charge >= 0.3 is 0 Å². The molecule has 2 aromatic carbocycles. The molecule has 0 aliphatic heterocycles. The maximum atomic E-state index is 11.7. The number of aryl methyl sites for hydroxylation is 2. The van der Waals surface area contributed by atoms with Crippen molar-refractivity contribution in [1.82, 2.24) is 20.0 Å². The molecule has 0 fully saturated rings. The molecule has 2 heterocycles. The number of benzene rings is 2. The number of hydroxylamine groups is 1. The van der Waals surface area contributed by atoms with Crippen molar-refractivity contribution in [1.29, 1.82) is 0 Å². The van der Waals surface area contributed by atoms with Crippen molar-refractivity contribution in [3.8, 4) is 11.1 Å². The number of anilines is 2. The average Bonchev–Trinajstić information content (AvgIpc) is 3.08. The average molecular weight is 387 g/mol. The van der Waals surface area contributed by atoms with Gasteiger partial charge in [0.1, 0.15) is 0 Å². The van der Waals surface area contributed by atoms with Crippen LogP contribution in [0.5, 0.6) is 0 Å². The number of amides is 1. The summed E-state index contributed by atoms with van der Waals surface area (Å²) in [6.07, 6.45) is 3.61. The third-order valence-electron chi connectivity index (χ3n) is 5.07. The topological polar surface area (TPSA) is 83.3 Å². The highest BCUT2D eigenvalue weighted by molar-refractivity contribution is 5.94. The summed E-state index contributed by atoms with van der Waals surface area (Å²) in [7, 11) is 3.86. The SMILES string of the molecule is Cc1cc2c(cc1-c1cccnc1)nc(N(C)c1cccc(C(=O)NO)c1)n2C. The lowest BCUT2D eigenvalue weighted by Gasteiger charge is -2.19. The second-order valence-corrected chi connectivity index (χ2v) is 6.92. The highest BCUT2D eigenvalue weighted by Gasteiger charge is 2.16. The molecular formula is C22H21N5O2. The number of pyridine rings is 1. The summed E-state index contributed by atoms with van der Waals surface area (Å²) < 4.78 is 2.02. The van der Waals surface area contributed by atoms with Crippen LogP contribution >= 0.6 is 0 Å². The molecule has 1 amide bonds. The Morgan fingerprint density at radius 1 is 1.17 bits per heavy atom. The lowest BCUT2D eigenvalue weighted by atomic mass is 10.0. The number of rotatable bonds is 4. The molecule has 29 heavy (non-hydrogen) atoms. The third kappa shape index (κ3) is 3.32. The van der Waals surface area contributed by atoms with Gasteiger partial charge in [0.15, 0.2) is 0 Å². The van der Waals surface area contributed by atoms with Crippen molar-refractivity contribution in [2.75, 3.05) is 11.9 Å². The predicted octanol–water partition coefficient (Wildman–Crippen LogP) is 3.83. The van der Waals surface area contributed by atoms with E-state index in [0.29, 0.717) is 5.56 Å². The Labute approximate surface area is 168 Å². The van der Waals surface area contributed by atoms with Crippen molar-refractivity contribution in [3.63, 3.8) is 0 Å². The van der Waals surface area contributed by atoms with Gasteiger partial charge in [0.2, 0.25) is 5.95 Å². The highest BCUT2D eigenvalue weighted by atomic mass is 16.5. The molecule has 4 rings (SSSR count). The number of carbonyl (C=O) groups is 1. The first-order valence-corrected chi connectivity index (χ1v) is 9.15. The molecule has 0 atom stereocenters. The Morgan fingerprint density at radius 2 is 2.00 bits per heavy atom. The summed E-state index contributed by atoms with van der Waals surface area (Å²) in [5.74, 6) is 0.186. The van der Waals surface area contributed by atoms with Crippen molar-refractivity contribution in [2.24, 2.45) is 7.05 Å². The molecule has 0 saturated carbocycles. The largest absolute Gasteiger partial charge is 0.315 e. The van der Waals surface area contributed by atoms with E-state index in [0.717, 1.165) is 39.4 Å². The van der Waals surface area contributed by atoms with Gasteiger partial charge in [-0.1, -0.05) is 12.1 Å². The van der Waals surface area contributed by atoms with E-state index in [4.69, 9.17) is 10.2 Å². The first-order chi connectivity index (χ1) is 14.0. The van der Waals surface area contributed by atoms with E-state index in [1.54, 1.807) is 29.9 Å². The molecule has 0 radical (unpaired) electrons. The molecule has 0 saturated heterocycles. The molecule has 0 aliphatic carbocycles. The third-order valence-corrected chi connectivity index (χ3v) is 5.07. The minimum Gasteiger partial charge on any atom is -0.315 e.